The Bertz CT molecular complexity index is 244. The number of carbonyl (C=O) groups is 1. The third kappa shape index (κ3) is 11.9. The molecule has 1 unspecified atom stereocenters. The first-order valence-corrected chi connectivity index (χ1v) is 10.7. The molecule has 0 fully saturated rings. The van der Waals surface area contributed by atoms with Crippen LogP contribution < -0.4 is 0 Å². The van der Waals surface area contributed by atoms with Crippen LogP contribution in [0.15, 0.2) is 0 Å². The van der Waals surface area contributed by atoms with Gasteiger partial charge in [-0.2, -0.15) is 0 Å². The molecule has 0 saturated carbocycles. The fraction of sp³-hybridized carbons (Fsp3) is 0.938. The maximum absolute atomic E-state index is 11.7. The average molecular weight is 390 g/mol. The predicted octanol–water partition coefficient (Wildman–Crippen LogP) is 4.83. The van der Waals surface area contributed by atoms with Gasteiger partial charge in [-0.05, 0) is 0 Å². The SMILES string of the molecule is CCCCCCCCCCC(CCCC)C(=O)[O][Sn]=[O]. The van der Waals surface area contributed by atoms with Crippen molar-refractivity contribution in [2.24, 2.45) is 5.92 Å². The zero-order valence-electron chi connectivity index (χ0n) is 13.3. The maximum atomic E-state index is 11.7. The number of hydrogen-bond donors (Lipinski definition) is 0. The summed E-state index contributed by atoms with van der Waals surface area (Å²) in [6.07, 6.45) is 14.2. The molecular formula is C16H31O3Sn. The summed E-state index contributed by atoms with van der Waals surface area (Å²) in [4.78, 5) is 11.7. The molecule has 117 valence electrons. The van der Waals surface area contributed by atoms with Crippen molar-refractivity contribution in [2.75, 3.05) is 0 Å². The van der Waals surface area contributed by atoms with Gasteiger partial charge in [-0.3, -0.25) is 0 Å². The summed E-state index contributed by atoms with van der Waals surface area (Å²) in [6, 6.07) is 0. The van der Waals surface area contributed by atoms with E-state index in [0.29, 0.717) is 0 Å². The van der Waals surface area contributed by atoms with E-state index in [4.69, 9.17) is 3.07 Å². The van der Waals surface area contributed by atoms with Crippen molar-refractivity contribution in [3.8, 4) is 0 Å². The van der Waals surface area contributed by atoms with E-state index in [9.17, 15) is 7.87 Å². The summed E-state index contributed by atoms with van der Waals surface area (Å²) in [5, 5.41) is 0. The Morgan fingerprint density at radius 1 is 0.850 bits per heavy atom. The summed E-state index contributed by atoms with van der Waals surface area (Å²) in [7, 11) is 0. The Hall–Kier alpha value is 0.0687. The van der Waals surface area contributed by atoms with E-state index >= 15 is 0 Å². The Labute approximate surface area is 135 Å². The molecule has 0 spiro atoms. The van der Waals surface area contributed by atoms with Gasteiger partial charge in [-0.25, -0.2) is 0 Å². The summed E-state index contributed by atoms with van der Waals surface area (Å²) < 4.78 is 15.3. The number of carbonyl (C=O) groups excluding carboxylic acids is 1. The van der Waals surface area contributed by atoms with Gasteiger partial charge in [-0.15, -0.1) is 0 Å². The number of hydrogen-bond acceptors (Lipinski definition) is 3. The van der Waals surface area contributed by atoms with Gasteiger partial charge in [0.15, 0.2) is 0 Å². The van der Waals surface area contributed by atoms with Crippen molar-refractivity contribution >= 4 is 27.5 Å². The molecule has 20 heavy (non-hydrogen) atoms. The van der Waals surface area contributed by atoms with E-state index in [1.165, 1.54) is 44.9 Å². The van der Waals surface area contributed by atoms with E-state index in [1.807, 2.05) is 0 Å². The van der Waals surface area contributed by atoms with Crippen LogP contribution in [0, 0.1) is 5.92 Å². The summed E-state index contributed by atoms with van der Waals surface area (Å²) in [5.41, 5.74) is 0. The molecule has 4 heteroatoms. The summed E-state index contributed by atoms with van der Waals surface area (Å²) >= 11 is -2.09. The van der Waals surface area contributed by atoms with Gasteiger partial charge in [0.25, 0.3) is 0 Å². The first-order valence-electron chi connectivity index (χ1n) is 8.34. The minimum absolute atomic E-state index is 0.00936. The van der Waals surface area contributed by atoms with Crippen LogP contribution >= 0.6 is 0 Å². The van der Waals surface area contributed by atoms with Gasteiger partial charge < -0.3 is 0 Å². The fourth-order valence-corrected chi connectivity index (χ4v) is 3.19. The standard InChI is InChI=1S/C16H32O2.O.Sn/c1-3-5-7-8-9-10-11-12-14-15(16(17)18)13-6-4-2;;/h15H,3-14H2,1-2H3,(H,17,18);;/q;;+1/p-1. The van der Waals surface area contributed by atoms with Crippen LogP contribution in [-0.2, 0) is 10.9 Å². The quantitative estimate of drug-likeness (QED) is 0.315. The molecule has 0 aromatic carbocycles. The van der Waals surface area contributed by atoms with E-state index in [2.05, 4.69) is 13.8 Å². The zero-order valence-corrected chi connectivity index (χ0v) is 16.1. The minimum atomic E-state index is -2.09. The molecule has 1 radical (unpaired) electrons. The van der Waals surface area contributed by atoms with E-state index in [-0.39, 0.29) is 11.9 Å². The van der Waals surface area contributed by atoms with E-state index < -0.39 is 21.5 Å². The zero-order chi connectivity index (χ0) is 15.1. The molecule has 0 saturated heterocycles. The van der Waals surface area contributed by atoms with Crippen molar-refractivity contribution in [1.82, 2.24) is 0 Å². The molecule has 3 nitrogen and oxygen atoms in total. The van der Waals surface area contributed by atoms with Crippen LogP contribution in [0.5, 0.6) is 0 Å². The van der Waals surface area contributed by atoms with Crippen molar-refractivity contribution < 1.29 is 10.9 Å². The van der Waals surface area contributed by atoms with Gasteiger partial charge in [0.2, 0.25) is 0 Å². The van der Waals surface area contributed by atoms with Gasteiger partial charge in [0.1, 0.15) is 0 Å². The molecule has 0 bridgehead atoms. The Balaban J connectivity index is 3.67. The molecule has 0 N–H and O–H groups in total. The predicted molar refractivity (Wildman–Crippen MR) is 82.8 cm³/mol. The second kappa shape index (κ2) is 15.5. The van der Waals surface area contributed by atoms with Crippen LogP contribution in [-0.4, -0.2) is 27.5 Å². The number of rotatable bonds is 14. The molecule has 0 aliphatic carbocycles. The monoisotopic (exact) mass is 391 g/mol. The molecular weight excluding hydrogens is 359 g/mol. The Morgan fingerprint density at radius 3 is 1.90 bits per heavy atom. The first-order chi connectivity index (χ1) is 9.76. The average Bonchev–Trinajstić information content (AvgIpc) is 2.45. The van der Waals surface area contributed by atoms with Gasteiger partial charge in [-0.1, -0.05) is 6.92 Å². The molecule has 1 atom stereocenters. The molecule has 0 aliphatic rings. The number of unbranched alkanes of at least 4 members (excludes halogenated alkanes) is 8. The van der Waals surface area contributed by atoms with E-state index in [1.54, 1.807) is 0 Å². The van der Waals surface area contributed by atoms with Gasteiger partial charge >= 0.3 is 128 Å². The molecule has 0 aromatic heterocycles. The molecule has 0 rings (SSSR count). The van der Waals surface area contributed by atoms with Crippen molar-refractivity contribution in [1.29, 1.82) is 0 Å². The molecule has 0 amide bonds. The molecule has 0 aromatic rings. The normalized spacial score (nSPS) is 12.1. The van der Waals surface area contributed by atoms with Crippen LogP contribution in [0.4, 0.5) is 0 Å². The van der Waals surface area contributed by atoms with Crippen molar-refractivity contribution in [3.63, 3.8) is 0 Å². The van der Waals surface area contributed by atoms with Crippen molar-refractivity contribution in [2.45, 2.75) is 90.9 Å². The Morgan fingerprint density at radius 2 is 1.35 bits per heavy atom. The second-order valence-corrected chi connectivity index (χ2v) is 6.67. The Kier molecular flexibility index (Phi) is 15.5. The topological polar surface area (TPSA) is 43.4 Å². The van der Waals surface area contributed by atoms with Crippen molar-refractivity contribution in [3.05, 3.63) is 0 Å². The van der Waals surface area contributed by atoms with Crippen LogP contribution in [0.25, 0.3) is 0 Å². The van der Waals surface area contributed by atoms with Crippen LogP contribution in [0.3, 0.4) is 0 Å². The van der Waals surface area contributed by atoms with Gasteiger partial charge in [0.05, 0.1) is 0 Å². The summed E-state index contributed by atoms with van der Waals surface area (Å²) in [5.74, 6) is -0.215. The van der Waals surface area contributed by atoms with Crippen LogP contribution in [0.1, 0.15) is 90.9 Å². The third-order valence-corrected chi connectivity index (χ3v) is 4.60. The van der Waals surface area contributed by atoms with E-state index in [0.717, 1.165) is 32.1 Å². The molecule has 0 aliphatic heterocycles. The van der Waals surface area contributed by atoms with Gasteiger partial charge in [0, 0.05) is 0 Å². The second-order valence-electron chi connectivity index (χ2n) is 5.61. The summed E-state index contributed by atoms with van der Waals surface area (Å²) in [6.45, 7) is 4.37. The third-order valence-electron chi connectivity index (χ3n) is 3.79. The molecule has 0 heterocycles. The van der Waals surface area contributed by atoms with Crippen LogP contribution in [0.2, 0.25) is 0 Å². The first kappa shape index (κ1) is 20.1. The fourth-order valence-electron chi connectivity index (χ4n) is 2.48.